The van der Waals surface area contributed by atoms with Crippen molar-refractivity contribution in [1.29, 1.82) is 0 Å². The van der Waals surface area contributed by atoms with E-state index in [1.165, 1.54) is 34.1 Å². The zero-order chi connectivity index (χ0) is 21.4. The number of hydrogen-bond acceptors (Lipinski definition) is 7. The summed E-state index contributed by atoms with van der Waals surface area (Å²) in [7, 11) is -3.93. The molecule has 1 amide bonds. The summed E-state index contributed by atoms with van der Waals surface area (Å²) in [6, 6.07) is 5.53. The molecule has 0 bridgehead atoms. The number of amides is 1. The van der Waals surface area contributed by atoms with Gasteiger partial charge >= 0.3 is 0 Å². The second-order valence-corrected chi connectivity index (χ2v) is 8.63. The summed E-state index contributed by atoms with van der Waals surface area (Å²) in [4.78, 5) is 12.2. The van der Waals surface area contributed by atoms with Crippen LogP contribution in [0.15, 0.2) is 58.1 Å². The molecule has 1 aliphatic rings. The summed E-state index contributed by atoms with van der Waals surface area (Å²) in [5.74, 6) is -0.834. The molecule has 1 aromatic rings. The zero-order valence-corrected chi connectivity index (χ0v) is 17.1. The van der Waals surface area contributed by atoms with Gasteiger partial charge in [-0.3, -0.25) is 10.0 Å². The number of sulfonamides is 1. The maximum absolute atomic E-state index is 13.1. The van der Waals surface area contributed by atoms with Crippen LogP contribution >= 0.6 is 12.2 Å². The normalized spacial score (nSPS) is 14.8. The fraction of sp³-hybridized carbons (Fsp3) is 0.278. The van der Waals surface area contributed by atoms with E-state index in [1.807, 2.05) is 18.2 Å². The van der Waals surface area contributed by atoms with Crippen molar-refractivity contribution in [2.75, 3.05) is 13.1 Å². The molecule has 0 aliphatic heterocycles. The van der Waals surface area contributed by atoms with Gasteiger partial charge in [0, 0.05) is 36.4 Å². The monoisotopic (exact) mass is 438 g/mol. The van der Waals surface area contributed by atoms with Crippen LogP contribution in [-0.4, -0.2) is 52.8 Å². The lowest BCUT2D eigenvalue weighted by Crippen LogP contribution is -2.36. The Morgan fingerprint density at radius 1 is 1.28 bits per heavy atom. The summed E-state index contributed by atoms with van der Waals surface area (Å²) >= 11 is 5.31. The number of nitrogens with one attached hydrogen (secondary N) is 1. The number of nitrogens with zero attached hydrogens (tertiary/aromatic N) is 2. The highest BCUT2D eigenvalue weighted by atomic mass is 32.2. The Bertz CT molecular complexity index is 953. The third-order valence-electron chi connectivity index (χ3n) is 4.33. The van der Waals surface area contributed by atoms with Crippen molar-refractivity contribution >= 4 is 38.8 Å². The second-order valence-electron chi connectivity index (χ2n) is 6.20. The molecular weight excluding hydrogens is 416 g/mol. The number of carbonyl (C=O) groups is 1. The van der Waals surface area contributed by atoms with Gasteiger partial charge in [0.2, 0.25) is 15.9 Å². The third-order valence-corrected chi connectivity index (χ3v) is 6.68. The highest BCUT2D eigenvalue weighted by molar-refractivity contribution is 7.89. The van der Waals surface area contributed by atoms with Gasteiger partial charge in [0.05, 0.1) is 4.90 Å². The number of allylic oxidation sites excluding steroid dienone is 3. The summed E-state index contributed by atoms with van der Waals surface area (Å²) in [5.41, 5.74) is 8.23. The molecule has 0 fully saturated rings. The Morgan fingerprint density at radius 3 is 2.55 bits per heavy atom. The van der Waals surface area contributed by atoms with Crippen molar-refractivity contribution in [3.8, 4) is 0 Å². The average molecular weight is 439 g/mol. The molecule has 0 saturated heterocycles. The van der Waals surface area contributed by atoms with Gasteiger partial charge in [0.1, 0.15) is 0 Å². The van der Waals surface area contributed by atoms with Crippen molar-refractivity contribution in [2.45, 2.75) is 24.2 Å². The molecule has 0 atom stereocenters. The molecule has 11 heteroatoms. The lowest BCUT2D eigenvalue weighted by atomic mass is 10.0. The van der Waals surface area contributed by atoms with Gasteiger partial charge in [-0.25, -0.2) is 13.9 Å². The minimum Gasteiger partial charge on any atom is -0.409 e. The zero-order valence-electron chi connectivity index (χ0n) is 15.5. The van der Waals surface area contributed by atoms with E-state index < -0.39 is 15.9 Å². The number of thiocarbonyl (C=S) groups is 1. The molecule has 1 aliphatic carbocycles. The molecule has 0 spiro atoms. The van der Waals surface area contributed by atoms with Gasteiger partial charge < -0.3 is 10.9 Å². The van der Waals surface area contributed by atoms with Crippen LogP contribution in [0.3, 0.4) is 0 Å². The molecule has 0 unspecified atom stereocenters. The predicted octanol–water partition coefficient (Wildman–Crippen LogP) is 1.31. The Morgan fingerprint density at radius 2 is 1.97 bits per heavy atom. The minimum absolute atomic E-state index is 0.00325. The van der Waals surface area contributed by atoms with Crippen molar-refractivity contribution in [3.63, 3.8) is 0 Å². The molecule has 156 valence electrons. The van der Waals surface area contributed by atoms with Crippen molar-refractivity contribution in [1.82, 2.24) is 9.79 Å². The van der Waals surface area contributed by atoms with Gasteiger partial charge in [-0.05, 0) is 36.3 Å². The largest absolute Gasteiger partial charge is 0.409 e. The Balaban J connectivity index is 2.25. The standard InChI is InChI=1S/C18H22N4O5S2/c19-18(21-25)14-5-7-15(8-6-14)29(26,27)22(12-10-17(23)20-24)11-9-13-3-1-2-4-16(13)28/h1-3,5-8,24-25H,4,9-12H2,(H2,19,21)(H,20,23). The molecule has 9 nitrogen and oxygen atoms in total. The number of amidine groups is 1. The topological polar surface area (TPSA) is 145 Å². The van der Waals surface area contributed by atoms with E-state index in [4.69, 9.17) is 28.4 Å². The highest BCUT2D eigenvalue weighted by Gasteiger charge is 2.25. The summed E-state index contributed by atoms with van der Waals surface area (Å²) in [6.07, 6.45) is 6.47. The summed E-state index contributed by atoms with van der Waals surface area (Å²) in [6.45, 7) is -0.00452. The van der Waals surface area contributed by atoms with Crippen LogP contribution in [0.4, 0.5) is 0 Å². The van der Waals surface area contributed by atoms with Gasteiger partial charge in [-0.2, -0.15) is 4.31 Å². The molecule has 29 heavy (non-hydrogen) atoms. The number of oxime groups is 1. The van der Waals surface area contributed by atoms with E-state index in [0.29, 0.717) is 18.4 Å². The Labute approximate surface area is 174 Å². The van der Waals surface area contributed by atoms with Crippen LogP contribution in [0.1, 0.15) is 24.8 Å². The first kappa shape index (κ1) is 22.7. The number of hydroxylamine groups is 1. The first-order valence-corrected chi connectivity index (χ1v) is 10.5. The van der Waals surface area contributed by atoms with E-state index in [0.717, 1.165) is 10.4 Å². The van der Waals surface area contributed by atoms with Gasteiger partial charge in [0.15, 0.2) is 5.84 Å². The average Bonchev–Trinajstić information content (AvgIpc) is 2.73. The molecule has 0 saturated carbocycles. The SMILES string of the molecule is NC(=NO)c1ccc(S(=O)(=O)N(CCC(=O)NO)CCC2=CC=CCC2=S)cc1. The maximum Gasteiger partial charge on any atom is 0.244 e. The van der Waals surface area contributed by atoms with Crippen LogP contribution in [0.2, 0.25) is 0 Å². The molecule has 1 aromatic carbocycles. The molecule has 0 radical (unpaired) electrons. The second kappa shape index (κ2) is 10.3. The van der Waals surface area contributed by atoms with Crippen molar-refractivity contribution in [2.24, 2.45) is 10.9 Å². The quantitative estimate of drug-likeness (QED) is 0.114. The first-order valence-electron chi connectivity index (χ1n) is 8.69. The van der Waals surface area contributed by atoms with Crippen molar-refractivity contribution in [3.05, 3.63) is 53.6 Å². The third kappa shape index (κ3) is 5.94. The van der Waals surface area contributed by atoms with Crippen molar-refractivity contribution < 1.29 is 23.6 Å². The van der Waals surface area contributed by atoms with Crippen LogP contribution in [0, 0.1) is 0 Å². The van der Waals surface area contributed by atoms with Crippen LogP contribution in [0.5, 0.6) is 0 Å². The van der Waals surface area contributed by atoms with E-state index in [2.05, 4.69) is 5.16 Å². The maximum atomic E-state index is 13.1. The van der Waals surface area contributed by atoms with Crippen LogP contribution in [-0.2, 0) is 14.8 Å². The van der Waals surface area contributed by atoms with Gasteiger partial charge in [0.25, 0.3) is 0 Å². The Kier molecular flexibility index (Phi) is 8.02. The number of nitrogens with two attached hydrogens (primary N) is 1. The fourth-order valence-corrected chi connectivity index (χ4v) is 4.40. The van der Waals surface area contributed by atoms with Crippen LogP contribution < -0.4 is 11.2 Å². The predicted molar refractivity (Wildman–Crippen MR) is 111 cm³/mol. The first-order chi connectivity index (χ1) is 13.8. The number of benzene rings is 1. The molecular formula is C18H22N4O5S2. The number of rotatable bonds is 9. The lowest BCUT2D eigenvalue weighted by molar-refractivity contribution is -0.129. The van der Waals surface area contributed by atoms with Gasteiger partial charge in [-0.1, -0.05) is 35.6 Å². The lowest BCUT2D eigenvalue weighted by Gasteiger charge is -2.23. The van der Waals surface area contributed by atoms with E-state index in [1.54, 1.807) is 0 Å². The smallest absolute Gasteiger partial charge is 0.244 e. The fourth-order valence-electron chi connectivity index (χ4n) is 2.69. The molecule has 0 heterocycles. The molecule has 0 aromatic heterocycles. The Hall–Kier alpha value is -2.60. The molecule has 5 N–H and O–H groups in total. The van der Waals surface area contributed by atoms with E-state index >= 15 is 0 Å². The number of carbonyl (C=O) groups excluding carboxylic acids is 1. The molecule has 2 rings (SSSR count). The summed E-state index contributed by atoms with van der Waals surface area (Å²) in [5, 5.41) is 20.3. The van der Waals surface area contributed by atoms with E-state index in [9.17, 15) is 13.2 Å². The number of hydrogen-bond donors (Lipinski definition) is 4. The summed E-state index contributed by atoms with van der Waals surface area (Å²) < 4.78 is 27.4. The van der Waals surface area contributed by atoms with E-state index in [-0.39, 0.29) is 30.2 Å². The van der Waals surface area contributed by atoms with Crippen LogP contribution in [0.25, 0.3) is 0 Å². The highest BCUT2D eigenvalue weighted by Crippen LogP contribution is 2.20. The van der Waals surface area contributed by atoms with Gasteiger partial charge in [-0.15, -0.1) is 0 Å². The minimum atomic E-state index is -3.93.